The zero-order chi connectivity index (χ0) is 18.9. The number of H-pyrrole nitrogens is 1. The maximum absolute atomic E-state index is 13.6. The van der Waals surface area contributed by atoms with Gasteiger partial charge >= 0.3 is 0 Å². The van der Waals surface area contributed by atoms with Crippen molar-refractivity contribution >= 4 is 37.6 Å². The van der Waals surface area contributed by atoms with Gasteiger partial charge in [0, 0.05) is 42.7 Å². The van der Waals surface area contributed by atoms with E-state index < -0.39 is 0 Å². The van der Waals surface area contributed by atoms with Gasteiger partial charge in [-0.05, 0) is 55.3 Å². The highest BCUT2D eigenvalue weighted by molar-refractivity contribution is 7.22. The van der Waals surface area contributed by atoms with E-state index in [1.807, 2.05) is 12.1 Å². The Kier molecular flexibility index (Phi) is 4.74. The van der Waals surface area contributed by atoms with Crippen LogP contribution in [0, 0.1) is 5.82 Å². The molecule has 0 atom stereocenters. The molecule has 0 spiro atoms. The smallest absolute Gasteiger partial charge is 0.183 e. The average Bonchev–Trinajstić information content (AvgIpc) is 3.28. The molecule has 0 saturated carbocycles. The zero-order valence-corrected chi connectivity index (χ0v) is 16.5. The molecular formula is C22H23FN4S. The number of halogens is 1. The highest BCUT2D eigenvalue weighted by Crippen LogP contribution is 2.28. The van der Waals surface area contributed by atoms with Crippen LogP contribution >= 0.6 is 11.3 Å². The van der Waals surface area contributed by atoms with E-state index in [0.29, 0.717) is 0 Å². The van der Waals surface area contributed by atoms with Crippen molar-refractivity contribution in [1.82, 2.24) is 14.9 Å². The van der Waals surface area contributed by atoms with Crippen LogP contribution in [0.15, 0.2) is 42.5 Å². The van der Waals surface area contributed by atoms with Gasteiger partial charge in [-0.3, -0.25) is 4.90 Å². The van der Waals surface area contributed by atoms with Gasteiger partial charge in [0.1, 0.15) is 5.82 Å². The van der Waals surface area contributed by atoms with Crippen LogP contribution in [0.3, 0.4) is 0 Å². The standard InChI is InChI=1S/C22H23FN4S/c23-15-7-8-18-16(13-15)17-14-27(12-9-19(17)25-18)11-4-3-10-24-22-26-20-5-1-2-6-21(20)28-22/h1-2,5-8,13,25H,3-4,9-12,14H2,(H,24,26). The molecule has 4 aromatic rings. The number of nitrogens with zero attached hydrogens (tertiary/aromatic N) is 2. The normalized spacial score (nSPS) is 14.6. The van der Waals surface area contributed by atoms with E-state index in [2.05, 4.69) is 38.4 Å². The lowest BCUT2D eigenvalue weighted by Gasteiger charge is -2.27. The van der Waals surface area contributed by atoms with E-state index in [9.17, 15) is 4.39 Å². The molecular weight excluding hydrogens is 371 g/mol. The van der Waals surface area contributed by atoms with Gasteiger partial charge in [-0.1, -0.05) is 23.5 Å². The number of para-hydroxylation sites is 1. The first kappa shape index (κ1) is 17.6. The summed E-state index contributed by atoms with van der Waals surface area (Å²) in [5, 5.41) is 5.50. The molecule has 2 N–H and O–H groups in total. The van der Waals surface area contributed by atoms with Crippen molar-refractivity contribution in [2.24, 2.45) is 0 Å². The van der Waals surface area contributed by atoms with E-state index >= 15 is 0 Å². The molecule has 2 aromatic carbocycles. The zero-order valence-electron chi connectivity index (χ0n) is 15.7. The lowest BCUT2D eigenvalue weighted by Crippen LogP contribution is -2.31. The van der Waals surface area contributed by atoms with Crippen LogP contribution < -0.4 is 5.32 Å². The Bertz CT molecular complexity index is 1080. The number of anilines is 1. The molecule has 0 aliphatic carbocycles. The largest absolute Gasteiger partial charge is 0.361 e. The Balaban J connectivity index is 1.13. The minimum Gasteiger partial charge on any atom is -0.361 e. The number of rotatable bonds is 6. The van der Waals surface area contributed by atoms with Crippen molar-refractivity contribution in [3.63, 3.8) is 0 Å². The molecule has 0 radical (unpaired) electrons. The molecule has 5 rings (SSSR count). The molecule has 0 fully saturated rings. The molecule has 4 nitrogen and oxygen atoms in total. The number of hydrogen-bond acceptors (Lipinski definition) is 4. The summed E-state index contributed by atoms with van der Waals surface area (Å²) in [7, 11) is 0. The predicted octanol–water partition coefficient (Wildman–Crippen LogP) is 5.17. The third-order valence-corrected chi connectivity index (χ3v) is 6.48. The maximum Gasteiger partial charge on any atom is 0.183 e. The van der Waals surface area contributed by atoms with E-state index in [0.717, 1.165) is 67.0 Å². The molecule has 0 saturated heterocycles. The minimum absolute atomic E-state index is 0.160. The topological polar surface area (TPSA) is 44.0 Å². The molecule has 2 aromatic heterocycles. The van der Waals surface area contributed by atoms with E-state index in [-0.39, 0.29) is 5.82 Å². The van der Waals surface area contributed by atoms with E-state index in [4.69, 9.17) is 0 Å². The Hall–Kier alpha value is -2.44. The van der Waals surface area contributed by atoms with Crippen LogP contribution in [0.2, 0.25) is 0 Å². The van der Waals surface area contributed by atoms with Crippen LogP contribution in [0.4, 0.5) is 9.52 Å². The summed E-state index contributed by atoms with van der Waals surface area (Å²) in [4.78, 5) is 10.6. The molecule has 1 aliphatic rings. The number of benzene rings is 2. The van der Waals surface area contributed by atoms with Gasteiger partial charge in [0.15, 0.2) is 5.13 Å². The van der Waals surface area contributed by atoms with Crippen LogP contribution in [0.5, 0.6) is 0 Å². The number of fused-ring (bicyclic) bond motifs is 4. The fourth-order valence-electron chi connectivity index (χ4n) is 4.04. The van der Waals surface area contributed by atoms with Crippen molar-refractivity contribution in [3.05, 3.63) is 59.5 Å². The van der Waals surface area contributed by atoms with Crippen molar-refractivity contribution in [3.8, 4) is 0 Å². The highest BCUT2D eigenvalue weighted by Gasteiger charge is 2.20. The van der Waals surface area contributed by atoms with Gasteiger partial charge in [0.25, 0.3) is 0 Å². The lowest BCUT2D eigenvalue weighted by atomic mass is 10.0. The second kappa shape index (κ2) is 7.53. The van der Waals surface area contributed by atoms with Gasteiger partial charge in [-0.2, -0.15) is 0 Å². The number of aromatic nitrogens is 2. The van der Waals surface area contributed by atoms with Gasteiger partial charge in [0.05, 0.1) is 10.2 Å². The summed E-state index contributed by atoms with van der Waals surface area (Å²) in [5.41, 5.74) is 4.66. The second-order valence-electron chi connectivity index (χ2n) is 7.42. The Morgan fingerprint density at radius 2 is 2.11 bits per heavy atom. The molecule has 1 aliphatic heterocycles. The molecule has 144 valence electrons. The third-order valence-electron chi connectivity index (χ3n) is 5.49. The van der Waals surface area contributed by atoms with Gasteiger partial charge in [0.2, 0.25) is 0 Å². The molecule has 0 amide bonds. The average molecular weight is 395 g/mol. The quantitative estimate of drug-likeness (QED) is 0.444. The van der Waals surface area contributed by atoms with Gasteiger partial charge in [-0.15, -0.1) is 0 Å². The molecule has 6 heteroatoms. The summed E-state index contributed by atoms with van der Waals surface area (Å²) in [6.45, 7) is 3.98. The van der Waals surface area contributed by atoms with Crippen molar-refractivity contribution in [1.29, 1.82) is 0 Å². The number of unbranched alkanes of at least 4 members (excludes halogenated alkanes) is 1. The first-order valence-corrected chi connectivity index (χ1v) is 10.7. The van der Waals surface area contributed by atoms with Crippen molar-refractivity contribution in [2.75, 3.05) is 25.0 Å². The summed E-state index contributed by atoms with van der Waals surface area (Å²) < 4.78 is 14.9. The summed E-state index contributed by atoms with van der Waals surface area (Å²) in [5.74, 6) is -0.160. The third kappa shape index (κ3) is 3.50. The fraction of sp³-hybridized carbons (Fsp3) is 0.318. The van der Waals surface area contributed by atoms with Crippen LogP contribution in [-0.4, -0.2) is 34.5 Å². The monoisotopic (exact) mass is 394 g/mol. The van der Waals surface area contributed by atoms with Gasteiger partial charge < -0.3 is 10.3 Å². The Labute approximate surface area is 167 Å². The van der Waals surface area contributed by atoms with Gasteiger partial charge in [-0.25, -0.2) is 9.37 Å². The van der Waals surface area contributed by atoms with Crippen LogP contribution in [0.25, 0.3) is 21.1 Å². The highest BCUT2D eigenvalue weighted by atomic mass is 32.1. The molecule has 0 bridgehead atoms. The number of aromatic amines is 1. The number of nitrogens with one attached hydrogen (secondary N) is 2. The second-order valence-corrected chi connectivity index (χ2v) is 8.45. The minimum atomic E-state index is -0.160. The number of hydrogen-bond donors (Lipinski definition) is 2. The summed E-state index contributed by atoms with van der Waals surface area (Å²) >= 11 is 1.71. The first-order valence-electron chi connectivity index (χ1n) is 9.87. The first-order chi connectivity index (χ1) is 13.8. The predicted molar refractivity (Wildman–Crippen MR) is 115 cm³/mol. The number of thiazole rings is 1. The Morgan fingerprint density at radius 1 is 1.18 bits per heavy atom. The summed E-state index contributed by atoms with van der Waals surface area (Å²) in [6.07, 6.45) is 3.27. The van der Waals surface area contributed by atoms with E-state index in [1.54, 1.807) is 17.4 Å². The van der Waals surface area contributed by atoms with Crippen LogP contribution in [0.1, 0.15) is 24.1 Å². The van der Waals surface area contributed by atoms with Crippen molar-refractivity contribution in [2.45, 2.75) is 25.8 Å². The molecule has 0 unspecified atom stereocenters. The SMILES string of the molecule is Fc1ccc2[nH]c3c(c2c1)CN(CCCCNc1nc2ccccc2s1)CC3. The van der Waals surface area contributed by atoms with E-state index in [1.165, 1.54) is 22.0 Å². The molecule has 28 heavy (non-hydrogen) atoms. The molecule has 3 heterocycles. The Morgan fingerprint density at radius 3 is 3.04 bits per heavy atom. The fourth-order valence-corrected chi connectivity index (χ4v) is 4.93. The van der Waals surface area contributed by atoms with Crippen molar-refractivity contribution < 1.29 is 4.39 Å². The van der Waals surface area contributed by atoms with Crippen LogP contribution in [-0.2, 0) is 13.0 Å². The summed E-state index contributed by atoms with van der Waals surface area (Å²) in [6, 6.07) is 13.3. The maximum atomic E-state index is 13.6. The lowest BCUT2D eigenvalue weighted by molar-refractivity contribution is 0.250.